The lowest BCUT2D eigenvalue weighted by Gasteiger charge is -2.05. The first kappa shape index (κ1) is 11.7. The minimum absolute atomic E-state index is 0.436. The van der Waals surface area contributed by atoms with Gasteiger partial charge in [-0.15, -0.1) is 0 Å². The summed E-state index contributed by atoms with van der Waals surface area (Å²) in [6, 6.07) is 10.7. The van der Waals surface area contributed by atoms with Crippen molar-refractivity contribution in [3.05, 3.63) is 52.4 Å². The molecule has 0 atom stereocenters. The fourth-order valence-corrected chi connectivity index (χ4v) is 1.76. The number of primary amides is 1. The highest BCUT2D eigenvalue weighted by atomic mass is 79.9. The molecule has 0 radical (unpaired) electrons. The molecular weight excluding hydrogens is 284 g/mol. The predicted octanol–water partition coefficient (Wildman–Crippen LogP) is 2.75. The average molecular weight is 295 g/mol. The van der Waals surface area contributed by atoms with Gasteiger partial charge in [0.25, 0.3) is 0 Å². The molecule has 1 amide bonds. The number of carbonyl (C=O) groups is 1. The fourth-order valence-electron chi connectivity index (χ4n) is 1.42. The molecule has 0 fully saturated rings. The van der Waals surface area contributed by atoms with Gasteiger partial charge in [-0.1, -0.05) is 6.07 Å². The zero-order chi connectivity index (χ0) is 12.3. The van der Waals surface area contributed by atoms with Crippen LogP contribution in [0.15, 0.2) is 45.5 Å². The van der Waals surface area contributed by atoms with Gasteiger partial charge in [0.2, 0.25) is 5.91 Å². The van der Waals surface area contributed by atoms with Crippen molar-refractivity contribution in [3.63, 3.8) is 0 Å². The predicted molar refractivity (Wildman–Crippen MR) is 68.7 cm³/mol. The van der Waals surface area contributed by atoms with Crippen molar-refractivity contribution in [2.24, 2.45) is 5.73 Å². The quantitative estimate of drug-likeness (QED) is 0.911. The van der Waals surface area contributed by atoms with Crippen molar-refractivity contribution in [2.45, 2.75) is 6.54 Å². The van der Waals surface area contributed by atoms with E-state index in [9.17, 15) is 4.79 Å². The lowest BCUT2D eigenvalue weighted by Crippen LogP contribution is -2.11. The Labute approximate surface area is 107 Å². The van der Waals surface area contributed by atoms with E-state index in [1.165, 1.54) is 0 Å². The van der Waals surface area contributed by atoms with Crippen molar-refractivity contribution in [1.82, 2.24) is 0 Å². The number of benzene rings is 1. The third-order valence-corrected chi connectivity index (χ3v) is 2.67. The topological polar surface area (TPSA) is 68.3 Å². The molecular formula is C12H11BrN2O2. The Morgan fingerprint density at radius 1 is 1.35 bits per heavy atom. The van der Waals surface area contributed by atoms with Crippen LogP contribution in [-0.4, -0.2) is 5.91 Å². The minimum atomic E-state index is -0.436. The molecule has 0 spiro atoms. The van der Waals surface area contributed by atoms with Gasteiger partial charge >= 0.3 is 0 Å². The Hall–Kier alpha value is -1.75. The van der Waals surface area contributed by atoms with E-state index in [0.717, 1.165) is 11.4 Å². The van der Waals surface area contributed by atoms with Crippen LogP contribution in [0.25, 0.3) is 0 Å². The number of rotatable bonds is 4. The minimum Gasteiger partial charge on any atom is -0.452 e. The third-order valence-electron chi connectivity index (χ3n) is 2.24. The van der Waals surface area contributed by atoms with Crippen LogP contribution in [0.3, 0.4) is 0 Å². The Morgan fingerprint density at radius 3 is 2.82 bits per heavy atom. The number of hydrogen-bond acceptors (Lipinski definition) is 3. The lowest BCUT2D eigenvalue weighted by molar-refractivity contribution is 0.100. The number of hydrogen-bond donors (Lipinski definition) is 2. The smallest absolute Gasteiger partial charge is 0.248 e. The van der Waals surface area contributed by atoms with Crippen LogP contribution >= 0.6 is 15.9 Å². The largest absolute Gasteiger partial charge is 0.452 e. The van der Waals surface area contributed by atoms with Crippen molar-refractivity contribution < 1.29 is 9.21 Å². The van der Waals surface area contributed by atoms with Gasteiger partial charge in [-0.05, 0) is 46.3 Å². The lowest BCUT2D eigenvalue weighted by atomic mass is 10.2. The molecule has 1 aromatic carbocycles. The SMILES string of the molecule is NC(=O)c1cccc(NCc2ccc(Br)o2)c1. The van der Waals surface area contributed by atoms with Crippen molar-refractivity contribution >= 4 is 27.5 Å². The van der Waals surface area contributed by atoms with Crippen molar-refractivity contribution in [1.29, 1.82) is 0 Å². The molecule has 0 saturated carbocycles. The van der Waals surface area contributed by atoms with Gasteiger partial charge in [-0.25, -0.2) is 0 Å². The molecule has 0 aliphatic rings. The summed E-state index contributed by atoms with van der Waals surface area (Å²) < 4.78 is 6.04. The van der Waals surface area contributed by atoms with Gasteiger partial charge in [0.15, 0.2) is 4.67 Å². The van der Waals surface area contributed by atoms with Gasteiger partial charge < -0.3 is 15.5 Å². The standard InChI is InChI=1S/C12H11BrN2O2/c13-11-5-4-10(17-11)7-15-9-3-1-2-8(6-9)12(14)16/h1-6,15H,7H2,(H2,14,16). The summed E-state index contributed by atoms with van der Waals surface area (Å²) in [5.74, 6) is 0.371. The first-order chi connectivity index (χ1) is 8.15. The summed E-state index contributed by atoms with van der Waals surface area (Å²) in [5, 5.41) is 3.15. The van der Waals surface area contributed by atoms with Gasteiger partial charge in [0.1, 0.15) is 5.76 Å². The molecule has 1 heterocycles. The second-order valence-electron chi connectivity index (χ2n) is 3.50. The first-order valence-electron chi connectivity index (χ1n) is 5.03. The summed E-state index contributed by atoms with van der Waals surface area (Å²) in [6.45, 7) is 0.549. The molecule has 0 unspecified atom stereocenters. The number of carbonyl (C=O) groups excluding carboxylic acids is 1. The number of furan rings is 1. The van der Waals surface area contributed by atoms with Crippen molar-refractivity contribution in [3.8, 4) is 0 Å². The van der Waals surface area contributed by atoms with E-state index < -0.39 is 5.91 Å². The highest BCUT2D eigenvalue weighted by Gasteiger charge is 2.02. The second-order valence-corrected chi connectivity index (χ2v) is 4.29. The molecule has 4 nitrogen and oxygen atoms in total. The van der Waals surface area contributed by atoms with E-state index in [4.69, 9.17) is 10.2 Å². The average Bonchev–Trinajstić information content (AvgIpc) is 2.73. The van der Waals surface area contributed by atoms with Gasteiger partial charge in [0.05, 0.1) is 6.54 Å². The van der Waals surface area contributed by atoms with Crippen LogP contribution in [0.5, 0.6) is 0 Å². The van der Waals surface area contributed by atoms with Crippen molar-refractivity contribution in [2.75, 3.05) is 5.32 Å². The Kier molecular flexibility index (Phi) is 3.49. The maximum Gasteiger partial charge on any atom is 0.248 e. The Morgan fingerprint density at radius 2 is 2.18 bits per heavy atom. The number of nitrogens with two attached hydrogens (primary N) is 1. The summed E-state index contributed by atoms with van der Waals surface area (Å²) in [5.41, 5.74) is 6.51. The normalized spacial score (nSPS) is 10.2. The van der Waals surface area contributed by atoms with E-state index in [1.807, 2.05) is 18.2 Å². The zero-order valence-corrected chi connectivity index (χ0v) is 10.5. The molecule has 0 bridgehead atoms. The van der Waals surface area contributed by atoms with Gasteiger partial charge in [0, 0.05) is 11.3 Å². The summed E-state index contributed by atoms with van der Waals surface area (Å²) in [4.78, 5) is 11.0. The summed E-state index contributed by atoms with van der Waals surface area (Å²) in [6.07, 6.45) is 0. The molecule has 0 aliphatic heterocycles. The monoisotopic (exact) mass is 294 g/mol. The number of anilines is 1. The molecule has 5 heteroatoms. The highest BCUT2D eigenvalue weighted by Crippen LogP contribution is 2.16. The number of halogens is 1. The molecule has 88 valence electrons. The van der Waals surface area contributed by atoms with Crippen LogP contribution < -0.4 is 11.1 Å². The number of nitrogens with one attached hydrogen (secondary N) is 1. The highest BCUT2D eigenvalue weighted by molar-refractivity contribution is 9.10. The van der Waals surface area contributed by atoms with E-state index in [1.54, 1.807) is 18.2 Å². The van der Waals surface area contributed by atoms with Crippen LogP contribution in [0, 0.1) is 0 Å². The summed E-state index contributed by atoms with van der Waals surface area (Å²) in [7, 11) is 0. The maximum absolute atomic E-state index is 11.0. The molecule has 17 heavy (non-hydrogen) atoms. The van der Waals surface area contributed by atoms with Crippen LogP contribution in [-0.2, 0) is 6.54 Å². The van der Waals surface area contributed by atoms with Crippen LogP contribution in [0.1, 0.15) is 16.1 Å². The molecule has 3 N–H and O–H groups in total. The van der Waals surface area contributed by atoms with Crippen LogP contribution in [0.4, 0.5) is 5.69 Å². The number of amides is 1. The van der Waals surface area contributed by atoms with E-state index >= 15 is 0 Å². The molecule has 2 aromatic rings. The maximum atomic E-state index is 11.0. The molecule has 2 rings (SSSR count). The van der Waals surface area contributed by atoms with Crippen LogP contribution in [0.2, 0.25) is 0 Å². The third kappa shape index (κ3) is 3.10. The van der Waals surface area contributed by atoms with E-state index in [0.29, 0.717) is 16.8 Å². The van der Waals surface area contributed by atoms with E-state index in [2.05, 4.69) is 21.2 Å². The summed E-state index contributed by atoms with van der Waals surface area (Å²) >= 11 is 3.23. The second kappa shape index (κ2) is 5.05. The zero-order valence-electron chi connectivity index (χ0n) is 8.94. The Bertz CT molecular complexity index is 537. The van der Waals surface area contributed by atoms with Gasteiger partial charge in [-0.3, -0.25) is 4.79 Å². The fraction of sp³-hybridized carbons (Fsp3) is 0.0833. The van der Waals surface area contributed by atoms with Gasteiger partial charge in [-0.2, -0.15) is 0 Å². The van der Waals surface area contributed by atoms with E-state index in [-0.39, 0.29) is 0 Å². The molecule has 0 saturated heterocycles. The molecule has 1 aromatic heterocycles. The molecule has 0 aliphatic carbocycles. The Balaban J connectivity index is 2.04. The first-order valence-corrected chi connectivity index (χ1v) is 5.82.